The van der Waals surface area contributed by atoms with E-state index in [9.17, 15) is 0 Å². The van der Waals surface area contributed by atoms with Crippen LogP contribution in [-0.4, -0.2) is 6.79 Å². The smallest absolute Gasteiger partial charge is 0.231 e. The van der Waals surface area contributed by atoms with E-state index in [0.717, 1.165) is 22.6 Å². The van der Waals surface area contributed by atoms with Crippen LogP contribution in [0.25, 0.3) is 0 Å². The summed E-state index contributed by atoms with van der Waals surface area (Å²) in [5.74, 6) is 8.23. The van der Waals surface area contributed by atoms with Crippen LogP contribution in [-0.2, 0) is 0 Å². The van der Waals surface area contributed by atoms with E-state index in [-0.39, 0.29) is 5.92 Å². The molecule has 2 aromatic rings. The molecule has 0 spiro atoms. The summed E-state index contributed by atoms with van der Waals surface area (Å²) in [4.78, 5) is 0. The molecule has 2 nitrogen and oxygen atoms in total. The van der Waals surface area contributed by atoms with Crippen LogP contribution in [0.5, 0.6) is 11.5 Å². The summed E-state index contributed by atoms with van der Waals surface area (Å²) in [6.45, 7) is 2.40. The third kappa shape index (κ3) is 2.56. The highest BCUT2D eigenvalue weighted by atomic mass is 16.7. The Labute approximate surface area is 113 Å². The lowest BCUT2D eigenvalue weighted by atomic mass is 10.0. The van der Waals surface area contributed by atoms with Crippen molar-refractivity contribution in [3.8, 4) is 23.3 Å². The van der Waals surface area contributed by atoms with Crippen LogP contribution in [0.4, 0.5) is 0 Å². The lowest BCUT2D eigenvalue weighted by Crippen LogP contribution is -1.93. The normalized spacial score (nSPS) is 13.5. The predicted molar refractivity (Wildman–Crippen MR) is 74.3 cm³/mol. The van der Waals surface area contributed by atoms with Gasteiger partial charge < -0.3 is 9.47 Å². The first kappa shape index (κ1) is 11.7. The Hall–Kier alpha value is -2.40. The maximum Gasteiger partial charge on any atom is 0.231 e. The van der Waals surface area contributed by atoms with Crippen molar-refractivity contribution in [3.63, 3.8) is 0 Å². The maximum absolute atomic E-state index is 5.38. The molecule has 2 heteroatoms. The van der Waals surface area contributed by atoms with Gasteiger partial charge in [-0.3, -0.25) is 0 Å². The highest BCUT2D eigenvalue weighted by Gasteiger charge is 2.14. The van der Waals surface area contributed by atoms with Crippen LogP contribution in [0, 0.1) is 11.8 Å². The van der Waals surface area contributed by atoms with Gasteiger partial charge in [0.25, 0.3) is 0 Å². The molecule has 0 aromatic heterocycles. The van der Waals surface area contributed by atoms with Gasteiger partial charge in [0.15, 0.2) is 11.5 Å². The van der Waals surface area contributed by atoms with Gasteiger partial charge in [-0.1, -0.05) is 36.1 Å². The standard InChI is InChI=1S/C17H14O2/c1-13(7-8-14-5-3-2-4-6-14)15-9-10-16-17(11-15)19-12-18-16/h2-6,9-11,13H,12H2,1H3/t13-/m0/s1. The Morgan fingerprint density at radius 1 is 1.00 bits per heavy atom. The summed E-state index contributed by atoms with van der Waals surface area (Å²) in [5.41, 5.74) is 2.18. The van der Waals surface area contributed by atoms with Gasteiger partial charge in [0.05, 0.1) is 0 Å². The second-order valence-corrected chi connectivity index (χ2v) is 4.47. The SMILES string of the molecule is C[C@@H](C#Cc1ccccc1)c1ccc2c(c1)OCO2. The van der Waals surface area contributed by atoms with Crippen molar-refractivity contribution in [1.29, 1.82) is 0 Å². The average molecular weight is 250 g/mol. The molecule has 0 fully saturated rings. The average Bonchev–Trinajstić information content (AvgIpc) is 2.93. The zero-order chi connectivity index (χ0) is 13.1. The lowest BCUT2D eigenvalue weighted by Gasteiger charge is -2.05. The van der Waals surface area contributed by atoms with Crippen molar-refractivity contribution in [1.82, 2.24) is 0 Å². The van der Waals surface area contributed by atoms with E-state index in [2.05, 4.69) is 18.8 Å². The van der Waals surface area contributed by atoms with Crippen molar-refractivity contribution in [2.45, 2.75) is 12.8 Å². The van der Waals surface area contributed by atoms with Crippen LogP contribution in [0.15, 0.2) is 48.5 Å². The van der Waals surface area contributed by atoms with Crippen molar-refractivity contribution >= 4 is 0 Å². The molecule has 3 rings (SSSR count). The van der Waals surface area contributed by atoms with Crippen molar-refractivity contribution in [3.05, 3.63) is 59.7 Å². The van der Waals surface area contributed by atoms with E-state index < -0.39 is 0 Å². The third-order valence-corrected chi connectivity index (χ3v) is 3.10. The zero-order valence-corrected chi connectivity index (χ0v) is 10.7. The summed E-state index contributed by atoms with van der Waals surface area (Å²) in [5, 5.41) is 0. The van der Waals surface area contributed by atoms with E-state index in [4.69, 9.17) is 9.47 Å². The predicted octanol–water partition coefficient (Wildman–Crippen LogP) is 3.57. The number of ether oxygens (including phenoxy) is 2. The first-order chi connectivity index (χ1) is 9.33. The highest BCUT2D eigenvalue weighted by molar-refractivity contribution is 5.47. The van der Waals surface area contributed by atoms with Gasteiger partial charge >= 0.3 is 0 Å². The van der Waals surface area contributed by atoms with Gasteiger partial charge in [0.1, 0.15) is 0 Å². The minimum atomic E-state index is 0.162. The molecule has 1 aliphatic heterocycles. The van der Waals surface area contributed by atoms with E-state index in [1.54, 1.807) is 0 Å². The minimum absolute atomic E-state index is 0.162. The van der Waals surface area contributed by atoms with Crippen LogP contribution in [0.1, 0.15) is 24.0 Å². The Morgan fingerprint density at radius 3 is 2.63 bits per heavy atom. The number of rotatable bonds is 1. The maximum atomic E-state index is 5.38. The molecular formula is C17H14O2. The van der Waals surface area contributed by atoms with Crippen LogP contribution in [0.3, 0.4) is 0 Å². The summed E-state index contributed by atoms with van der Waals surface area (Å²) in [6, 6.07) is 16.0. The topological polar surface area (TPSA) is 18.5 Å². The largest absolute Gasteiger partial charge is 0.454 e. The molecule has 2 aromatic carbocycles. The Kier molecular flexibility index (Phi) is 3.12. The monoisotopic (exact) mass is 250 g/mol. The molecule has 0 unspecified atom stereocenters. The van der Waals surface area contributed by atoms with Gasteiger partial charge in [-0.25, -0.2) is 0 Å². The zero-order valence-electron chi connectivity index (χ0n) is 10.7. The molecule has 1 heterocycles. The second-order valence-electron chi connectivity index (χ2n) is 4.47. The summed E-state index contributed by atoms with van der Waals surface area (Å²) < 4.78 is 10.7. The van der Waals surface area contributed by atoms with Gasteiger partial charge in [-0.2, -0.15) is 0 Å². The van der Waals surface area contributed by atoms with E-state index >= 15 is 0 Å². The van der Waals surface area contributed by atoms with Gasteiger partial charge in [-0.15, -0.1) is 0 Å². The van der Waals surface area contributed by atoms with Crippen LogP contribution >= 0.6 is 0 Å². The number of benzene rings is 2. The lowest BCUT2D eigenvalue weighted by molar-refractivity contribution is 0.174. The molecule has 0 N–H and O–H groups in total. The number of fused-ring (bicyclic) bond motifs is 1. The number of hydrogen-bond donors (Lipinski definition) is 0. The van der Waals surface area contributed by atoms with E-state index in [1.807, 2.05) is 48.5 Å². The highest BCUT2D eigenvalue weighted by Crippen LogP contribution is 2.34. The van der Waals surface area contributed by atoms with Crippen molar-refractivity contribution in [2.75, 3.05) is 6.79 Å². The molecule has 94 valence electrons. The fourth-order valence-corrected chi connectivity index (χ4v) is 1.98. The molecule has 0 radical (unpaired) electrons. The summed E-state index contributed by atoms with van der Waals surface area (Å²) in [6.07, 6.45) is 0. The Balaban J connectivity index is 1.81. The van der Waals surface area contributed by atoms with Crippen LogP contribution < -0.4 is 9.47 Å². The molecule has 0 saturated carbocycles. The summed E-state index contributed by atoms with van der Waals surface area (Å²) in [7, 11) is 0. The number of hydrogen-bond acceptors (Lipinski definition) is 2. The molecule has 1 aliphatic rings. The van der Waals surface area contributed by atoms with Crippen molar-refractivity contribution in [2.24, 2.45) is 0 Å². The van der Waals surface area contributed by atoms with Crippen molar-refractivity contribution < 1.29 is 9.47 Å². The second kappa shape index (κ2) is 5.07. The molecular weight excluding hydrogens is 236 g/mol. The third-order valence-electron chi connectivity index (χ3n) is 3.10. The van der Waals surface area contributed by atoms with E-state index in [1.165, 1.54) is 0 Å². The fraction of sp³-hybridized carbons (Fsp3) is 0.176. The van der Waals surface area contributed by atoms with Gasteiger partial charge in [0, 0.05) is 11.5 Å². The first-order valence-corrected chi connectivity index (χ1v) is 6.29. The Bertz CT molecular complexity index is 635. The van der Waals surface area contributed by atoms with E-state index in [0.29, 0.717) is 6.79 Å². The van der Waals surface area contributed by atoms with Crippen LogP contribution in [0.2, 0.25) is 0 Å². The molecule has 0 saturated heterocycles. The van der Waals surface area contributed by atoms with Gasteiger partial charge in [-0.05, 0) is 36.8 Å². The molecule has 1 atom stereocenters. The Morgan fingerprint density at radius 2 is 1.79 bits per heavy atom. The quantitative estimate of drug-likeness (QED) is 0.720. The molecule has 0 bridgehead atoms. The first-order valence-electron chi connectivity index (χ1n) is 6.29. The fourth-order valence-electron chi connectivity index (χ4n) is 1.98. The van der Waals surface area contributed by atoms with Gasteiger partial charge in [0.2, 0.25) is 6.79 Å². The molecule has 0 aliphatic carbocycles. The molecule has 0 amide bonds. The minimum Gasteiger partial charge on any atom is -0.454 e. The molecule has 19 heavy (non-hydrogen) atoms. The summed E-state index contributed by atoms with van der Waals surface area (Å²) >= 11 is 0.